The minimum absolute atomic E-state index is 0.397. The van der Waals surface area contributed by atoms with Gasteiger partial charge < -0.3 is 10.1 Å². The number of carbonyl (C=O) groups is 1. The number of aromatic amines is 1. The average Bonchev–Trinajstić information content (AvgIpc) is 2.82. The number of aromatic nitrogens is 3. The van der Waals surface area contributed by atoms with Crippen LogP contribution in [-0.2, 0) is 9.84 Å². The summed E-state index contributed by atoms with van der Waals surface area (Å²) in [4.78, 5) is 14.0. The first-order valence-electron chi connectivity index (χ1n) is 5.05. The summed E-state index contributed by atoms with van der Waals surface area (Å²) in [5.74, 6) is -5.12. The highest BCUT2D eigenvalue weighted by Crippen LogP contribution is 2.24. The molecule has 2 aromatic rings. The zero-order chi connectivity index (χ0) is 15.1. The van der Waals surface area contributed by atoms with Crippen LogP contribution in [-0.4, -0.2) is 40.7 Å². The van der Waals surface area contributed by atoms with Crippen molar-refractivity contribution in [2.24, 2.45) is 0 Å². The van der Waals surface area contributed by atoms with Crippen molar-refractivity contribution in [1.82, 2.24) is 15.2 Å². The topological polar surface area (TPSA) is 113 Å². The number of H-pyrrole nitrogens is 1. The molecule has 10 heteroatoms. The lowest BCUT2D eigenvalue weighted by atomic mass is 10.1. The molecule has 0 aliphatic heterocycles. The fourth-order valence-corrected chi connectivity index (χ4v) is 1.85. The molecule has 0 aliphatic carbocycles. The van der Waals surface area contributed by atoms with E-state index in [4.69, 9.17) is 0 Å². The molecule has 7 nitrogen and oxygen atoms in total. The molecule has 2 N–H and O–H groups in total. The summed E-state index contributed by atoms with van der Waals surface area (Å²) in [5, 5.41) is 15.3. The lowest BCUT2D eigenvalue weighted by Gasteiger charge is -2.02. The van der Waals surface area contributed by atoms with Crippen LogP contribution in [0.4, 0.5) is 8.78 Å². The second kappa shape index (κ2) is 4.63. The molecule has 1 aromatic carbocycles. The molecule has 0 radical (unpaired) electrons. The van der Waals surface area contributed by atoms with Gasteiger partial charge in [-0.15, -0.1) is 10.2 Å². The predicted molar refractivity (Wildman–Crippen MR) is 60.9 cm³/mol. The highest BCUT2D eigenvalue weighted by Gasteiger charge is 2.23. The minimum atomic E-state index is -3.72. The Morgan fingerprint density at radius 1 is 1.30 bits per heavy atom. The van der Waals surface area contributed by atoms with Crippen molar-refractivity contribution >= 4 is 15.6 Å². The van der Waals surface area contributed by atoms with Crippen molar-refractivity contribution in [3.05, 3.63) is 35.2 Å². The lowest BCUT2D eigenvalue weighted by Crippen LogP contribution is -2.06. The van der Waals surface area contributed by atoms with Crippen molar-refractivity contribution in [1.29, 1.82) is 0 Å². The van der Waals surface area contributed by atoms with Gasteiger partial charge in [-0.05, 0) is 6.07 Å². The number of nitrogens with one attached hydrogen (secondary N) is 1. The van der Waals surface area contributed by atoms with Gasteiger partial charge in [-0.25, -0.2) is 17.2 Å². The first-order chi connectivity index (χ1) is 9.20. The molecule has 106 valence electrons. The third-order valence-corrected chi connectivity index (χ3v) is 3.19. The summed E-state index contributed by atoms with van der Waals surface area (Å²) in [5.41, 5.74) is -0.696. The normalized spacial score (nSPS) is 11.6. The molecule has 2 rings (SSSR count). The zero-order valence-corrected chi connectivity index (χ0v) is 10.7. The Labute approximate surface area is 111 Å². The second-order valence-electron chi connectivity index (χ2n) is 3.86. The number of halogens is 2. The summed E-state index contributed by atoms with van der Waals surface area (Å²) < 4.78 is 48.5. The van der Waals surface area contributed by atoms with Gasteiger partial charge in [0.1, 0.15) is 5.82 Å². The van der Waals surface area contributed by atoms with Crippen LogP contribution in [0.5, 0.6) is 5.75 Å². The molecular formula is C10H7F2N3O4S. The fraction of sp³-hybridized carbons (Fsp3) is 0.100. The number of hydrogen-bond donors (Lipinski definition) is 2. The number of nitrogens with zero attached hydrogens (tertiary/aromatic N) is 2. The second-order valence-corrected chi connectivity index (χ2v) is 5.79. The third kappa shape index (κ3) is 2.50. The van der Waals surface area contributed by atoms with E-state index >= 15 is 0 Å². The van der Waals surface area contributed by atoms with Crippen LogP contribution in [0.15, 0.2) is 17.3 Å². The lowest BCUT2D eigenvalue weighted by molar-refractivity contribution is 0.102. The number of aromatic hydroxyl groups is 1. The zero-order valence-electron chi connectivity index (χ0n) is 9.89. The van der Waals surface area contributed by atoms with Crippen molar-refractivity contribution < 1.29 is 27.1 Å². The van der Waals surface area contributed by atoms with Gasteiger partial charge in [-0.3, -0.25) is 4.79 Å². The monoisotopic (exact) mass is 303 g/mol. The number of sulfone groups is 1. The maximum Gasteiger partial charge on any atom is 0.247 e. The van der Waals surface area contributed by atoms with Crippen LogP contribution < -0.4 is 0 Å². The number of benzene rings is 1. The molecular weight excluding hydrogens is 296 g/mol. The number of hydrogen-bond acceptors (Lipinski definition) is 6. The van der Waals surface area contributed by atoms with Crippen LogP contribution in [0.25, 0.3) is 0 Å². The van der Waals surface area contributed by atoms with Gasteiger partial charge >= 0.3 is 0 Å². The van der Waals surface area contributed by atoms with E-state index in [0.29, 0.717) is 12.1 Å². The van der Waals surface area contributed by atoms with Gasteiger partial charge in [-0.1, -0.05) is 0 Å². The number of phenols is 1. The van der Waals surface area contributed by atoms with Crippen molar-refractivity contribution in [3.8, 4) is 5.75 Å². The molecule has 1 aromatic heterocycles. The quantitative estimate of drug-likeness (QED) is 0.795. The van der Waals surface area contributed by atoms with Gasteiger partial charge in [0.15, 0.2) is 11.6 Å². The van der Waals surface area contributed by atoms with E-state index in [1.807, 2.05) is 0 Å². The van der Waals surface area contributed by atoms with Gasteiger partial charge in [-0.2, -0.15) is 0 Å². The third-order valence-electron chi connectivity index (χ3n) is 2.31. The molecule has 20 heavy (non-hydrogen) atoms. The summed E-state index contributed by atoms with van der Waals surface area (Å²) in [6.07, 6.45) is 0.834. The van der Waals surface area contributed by atoms with E-state index in [-0.39, 0.29) is 0 Å². The number of carbonyl (C=O) groups excluding carboxylic acids is 1. The summed E-state index contributed by atoms with van der Waals surface area (Å²) in [6.45, 7) is 0. The Balaban J connectivity index is 2.50. The highest BCUT2D eigenvalue weighted by molar-refractivity contribution is 7.90. The number of ketones is 1. The molecule has 0 saturated heterocycles. The fourth-order valence-electron chi connectivity index (χ4n) is 1.38. The summed E-state index contributed by atoms with van der Waals surface area (Å²) >= 11 is 0. The average molecular weight is 303 g/mol. The minimum Gasteiger partial charge on any atom is -0.504 e. The summed E-state index contributed by atoms with van der Waals surface area (Å²) in [6, 6.07) is 0.998. The largest absolute Gasteiger partial charge is 0.504 e. The maximum absolute atomic E-state index is 13.1. The first kappa shape index (κ1) is 14.1. The Kier molecular flexibility index (Phi) is 3.26. The van der Waals surface area contributed by atoms with E-state index < -0.39 is 49.5 Å². The van der Waals surface area contributed by atoms with Crippen molar-refractivity contribution in [2.45, 2.75) is 5.16 Å². The Bertz CT molecular complexity index is 801. The Hall–Kier alpha value is -2.36. The Morgan fingerprint density at radius 3 is 2.50 bits per heavy atom. The Morgan fingerprint density at radius 2 is 1.95 bits per heavy atom. The highest BCUT2D eigenvalue weighted by atomic mass is 32.2. The van der Waals surface area contributed by atoms with Gasteiger partial charge in [0.2, 0.25) is 26.6 Å². The van der Waals surface area contributed by atoms with Crippen molar-refractivity contribution in [3.63, 3.8) is 0 Å². The molecule has 0 fully saturated rings. The molecule has 0 atom stereocenters. The van der Waals surface area contributed by atoms with Crippen LogP contribution in [0, 0.1) is 11.6 Å². The molecule has 0 bridgehead atoms. The predicted octanol–water partition coefficient (Wildman–Crippen LogP) is 0.423. The maximum atomic E-state index is 13.1. The molecule has 0 amide bonds. The van der Waals surface area contributed by atoms with Crippen LogP contribution >= 0.6 is 0 Å². The van der Waals surface area contributed by atoms with Crippen molar-refractivity contribution in [2.75, 3.05) is 6.26 Å². The van der Waals surface area contributed by atoms with Crippen LogP contribution in [0.3, 0.4) is 0 Å². The van der Waals surface area contributed by atoms with E-state index in [1.165, 1.54) is 0 Å². The van der Waals surface area contributed by atoms with E-state index in [2.05, 4.69) is 15.2 Å². The van der Waals surface area contributed by atoms with E-state index in [9.17, 15) is 27.1 Å². The van der Waals surface area contributed by atoms with Crippen LogP contribution in [0.1, 0.15) is 16.2 Å². The molecule has 1 heterocycles. The first-order valence-corrected chi connectivity index (χ1v) is 6.94. The molecule has 0 spiro atoms. The van der Waals surface area contributed by atoms with Crippen LogP contribution in [0.2, 0.25) is 0 Å². The molecule has 0 saturated carbocycles. The van der Waals surface area contributed by atoms with E-state index in [0.717, 1.165) is 6.26 Å². The van der Waals surface area contributed by atoms with Gasteiger partial charge in [0.05, 0.1) is 5.56 Å². The standard InChI is InChI=1S/C10H7F2N3O4S/c1-20(18,19)10-13-9(14-15-10)8(17)5-2-4(11)3-6(12)7(5)16/h2-3,16H,1H3,(H,13,14,15). The van der Waals surface area contributed by atoms with E-state index in [1.54, 1.807) is 0 Å². The smallest absolute Gasteiger partial charge is 0.247 e. The molecule has 0 unspecified atom stereocenters. The van der Waals surface area contributed by atoms with Gasteiger partial charge in [0.25, 0.3) is 0 Å². The van der Waals surface area contributed by atoms with Gasteiger partial charge in [0, 0.05) is 12.3 Å². The SMILES string of the molecule is CS(=O)(=O)c1nnc(C(=O)c2cc(F)cc(F)c2O)[nH]1. The number of phenolic OH excluding ortho intramolecular Hbond substituents is 1. The summed E-state index contributed by atoms with van der Waals surface area (Å²) in [7, 11) is -3.72. The molecule has 0 aliphatic rings. The number of rotatable bonds is 3.